The number of aromatic hydroxyl groups is 1. The van der Waals surface area contributed by atoms with Crippen LogP contribution in [0.3, 0.4) is 0 Å². The van der Waals surface area contributed by atoms with Gasteiger partial charge in [0, 0.05) is 35.1 Å². The van der Waals surface area contributed by atoms with Crippen molar-refractivity contribution in [1.82, 2.24) is 15.3 Å². The van der Waals surface area contributed by atoms with Crippen LogP contribution >= 0.6 is 22.9 Å². The molecule has 0 unspecified atom stereocenters. The molecule has 0 saturated carbocycles. The number of aromatic nitrogens is 2. The summed E-state index contributed by atoms with van der Waals surface area (Å²) in [7, 11) is 0. The van der Waals surface area contributed by atoms with Crippen LogP contribution in [0.15, 0.2) is 48.1 Å². The molecule has 0 fully saturated rings. The largest absolute Gasteiger partial charge is 0.506 e. The van der Waals surface area contributed by atoms with Crippen molar-refractivity contribution in [1.29, 1.82) is 0 Å². The number of nitrogens with one attached hydrogen (secondary N) is 1. The van der Waals surface area contributed by atoms with Gasteiger partial charge in [0.15, 0.2) is 0 Å². The molecule has 5 nitrogen and oxygen atoms in total. The van der Waals surface area contributed by atoms with Crippen LogP contribution in [0.1, 0.15) is 15.4 Å². The molecule has 2 aromatic heterocycles. The maximum atomic E-state index is 12.0. The van der Waals surface area contributed by atoms with Crippen LogP contribution in [-0.2, 0) is 6.42 Å². The topological polar surface area (TPSA) is 75.1 Å². The molecular weight excluding hydrogens is 346 g/mol. The Kier molecular flexibility index (Phi) is 5.08. The molecule has 0 atom stereocenters. The molecule has 122 valence electrons. The van der Waals surface area contributed by atoms with Crippen molar-refractivity contribution in [3.63, 3.8) is 0 Å². The molecule has 3 rings (SSSR count). The van der Waals surface area contributed by atoms with Gasteiger partial charge >= 0.3 is 0 Å². The molecule has 0 spiro atoms. The second kappa shape index (κ2) is 7.42. The van der Waals surface area contributed by atoms with Crippen molar-refractivity contribution >= 4 is 28.8 Å². The van der Waals surface area contributed by atoms with Gasteiger partial charge in [0.1, 0.15) is 5.75 Å². The lowest BCUT2D eigenvalue weighted by Crippen LogP contribution is -2.25. The summed E-state index contributed by atoms with van der Waals surface area (Å²) in [6.07, 6.45) is 3.33. The van der Waals surface area contributed by atoms with Gasteiger partial charge in [-0.3, -0.25) is 9.78 Å². The zero-order valence-electron chi connectivity index (χ0n) is 12.6. The molecule has 0 bridgehead atoms. The fourth-order valence-corrected chi connectivity index (χ4v) is 3.05. The molecule has 1 aromatic carbocycles. The van der Waals surface area contributed by atoms with E-state index >= 15 is 0 Å². The van der Waals surface area contributed by atoms with Crippen LogP contribution in [0.4, 0.5) is 0 Å². The Bertz CT molecular complexity index is 849. The summed E-state index contributed by atoms with van der Waals surface area (Å²) in [4.78, 5) is 20.3. The first-order chi connectivity index (χ1) is 11.6. The average Bonchev–Trinajstić information content (AvgIpc) is 3.04. The number of nitrogens with zero attached hydrogens (tertiary/aromatic N) is 2. The molecular formula is C17H14ClN3O2S. The van der Waals surface area contributed by atoms with E-state index in [-0.39, 0.29) is 11.7 Å². The number of pyridine rings is 1. The van der Waals surface area contributed by atoms with Crippen LogP contribution < -0.4 is 5.32 Å². The van der Waals surface area contributed by atoms with Crippen LogP contribution in [0.2, 0.25) is 5.02 Å². The number of hydrogen-bond donors (Lipinski definition) is 2. The highest BCUT2D eigenvalue weighted by Gasteiger charge is 2.08. The van der Waals surface area contributed by atoms with Crippen molar-refractivity contribution < 1.29 is 9.90 Å². The lowest BCUT2D eigenvalue weighted by atomic mass is 10.2. The first-order valence-corrected chi connectivity index (χ1v) is 8.50. The first kappa shape index (κ1) is 16.4. The van der Waals surface area contributed by atoms with Crippen molar-refractivity contribution in [2.24, 2.45) is 0 Å². The molecule has 1 amide bonds. The Hall–Kier alpha value is -2.44. The summed E-state index contributed by atoms with van der Waals surface area (Å²) >= 11 is 7.44. The number of amides is 1. The third-order valence-corrected chi connectivity index (χ3v) is 4.46. The first-order valence-electron chi connectivity index (χ1n) is 7.24. The highest BCUT2D eigenvalue weighted by molar-refractivity contribution is 7.09. The number of hydrogen-bond acceptors (Lipinski definition) is 5. The minimum absolute atomic E-state index is 0.0322. The van der Waals surface area contributed by atoms with Gasteiger partial charge in [-0.05, 0) is 18.2 Å². The van der Waals surface area contributed by atoms with Gasteiger partial charge in [0.05, 0.1) is 22.5 Å². The van der Waals surface area contributed by atoms with E-state index in [9.17, 15) is 9.90 Å². The van der Waals surface area contributed by atoms with E-state index in [0.29, 0.717) is 23.6 Å². The molecule has 0 aliphatic rings. The number of thiazole rings is 1. The Labute approximate surface area is 148 Å². The zero-order valence-corrected chi connectivity index (χ0v) is 14.1. The smallest absolute Gasteiger partial charge is 0.252 e. The molecule has 0 aliphatic carbocycles. The molecule has 0 aliphatic heterocycles. The van der Waals surface area contributed by atoms with Gasteiger partial charge < -0.3 is 10.4 Å². The van der Waals surface area contributed by atoms with Crippen molar-refractivity contribution in [2.75, 3.05) is 6.54 Å². The van der Waals surface area contributed by atoms with Gasteiger partial charge in [-0.25, -0.2) is 4.98 Å². The number of halogens is 1. The lowest BCUT2D eigenvalue weighted by molar-refractivity contribution is 0.0953. The highest BCUT2D eigenvalue weighted by Crippen LogP contribution is 2.23. The fourth-order valence-electron chi connectivity index (χ4n) is 2.12. The minimum atomic E-state index is -0.270. The van der Waals surface area contributed by atoms with Crippen molar-refractivity contribution in [3.05, 3.63) is 63.7 Å². The monoisotopic (exact) mass is 359 g/mol. The maximum absolute atomic E-state index is 12.0. The summed E-state index contributed by atoms with van der Waals surface area (Å²) in [6, 6.07) is 8.90. The van der Waals surface area contributed by atoms with Crippen LogP contribution in [0.25, 0.3) is 11.3 Å². The van der Waals surface area contributed by atoms with Crippen LogP contribution in [0, 0.1) is 0 Å². The normalized spacial score (nSPS) is 10.5. The Morgan fingerprint density at radius 3 is 2.79 bits per heavy atom. The number of benzene rings is 1. The number of carbonyl (C=O) groups excluding carboxylic acids is 1. The van der Waals surface area contributed by atoms with E-state index in [4.69, 9.17) is 11.6 Å². The Morgan fingerprint density at radius 2 is 2.04 bits per heavy atom. The number of carbonyl (C=O) groups is 1. The lowest BCUT2D eigenvalue weighted by Gasteiger charge is -2.03. The predicted molar refractivity (Wildman–Crippen MR) is 94.5 cm³/mol. The summed E-state index contributed by atoms with van der Waals surface area (Å²) in [5, 5.41) is 15.7. The molecule has 0 radical (unpaired) electrons. The zero-order chi connectivity index (χ0) is 16.9. The van der Waals surface area contributed by atoms with Gasteiger partial charge in [0.2, 0.25) is 0 Å². The molecule has 24 heavy (non-hydrogen) atoms. The van der Waals surface area contributed by atoms with Gasteiger partial charge in [-0.1, -0.05) is 23.7 Å². The summed E-state index contributed by atoms with van der Waals surface area (Å²) in [6.45, 7) is 0.460. The van der Waals surface area contributed by atoms with E-state index in [1.165, 1.54) is 18.5 Å². The SMILES string of the molecule is O=C(NCCc1nc(-c2ccc(Cl)cc2)cs1)c1cncc(O)c1. The van der Waals surface area contributed by atoms with Crippen molar-refractivity contribution in [2.45, 2.75) is 6.42 Å². The second-order valence-corrected chi connectivity index (χ2v) is 6.45. The molecule has 2 heterocycles. The third-order valence-electron chi connectivity index (χ3n) is 3.30. The summed E-state index contributed by atoms with van der Waals surface area (Å²) in [5.74, 6) is -0.303. The van der Waals surface area contributed by atoms with Gasteiger partial charge in [-0.2, -0.15) is 0 Å². The number of rotatable bonds is 5. The van der Waals surface area contributed by atoms with E-state index in [1.54, 1.807) is 11.3 Å². The summed E-state index contributed by atoms with van der Waals surface area (Å²) < 4.78 is 0. The minimum Gasteiger partial charge on any atom is -0.506 e. The summed E-state index contributed by atoms with van der Waals surface area (Å²) in [5.41, 5.74) is 2.24. The Morgan fingerprint density at radius 1 is 1.25 bits per heavy atom. The second-order valence-electron chi connectivity index (χ2n) is 5.07. The third kappa shape index (κ3) is 4.10. The highest BCUT2D eigenvalue weighted by atomic mass is 35.5. The van der Waals surface area contributed by atoms with Crippen molar-refractivity contribution in [3.8, 4) is 17.0 Å². The van der Waals surface area contributed by atoms with E-state index < -0.39 is 0 Å². The Balaban J connectivity index is 1.56. The molecule has 7 heteroatoms. The predicted octanol–water partition coefficient (Wildman–Crippen LogP) is 3.54. The van der Waals surface area contributed by atoms with E-state index in [1.807, 2.05) is 29.6 Å². The molecule has 3 aromatic rings. The molecule has 0 saturated heterocycles. The quantitative estimate of drug-likeness (QED) is 0.730. The molecule has 2 N–H and O–H groups in total. The van der Waals surface area contributed by atoms with Gasteiger partial charge in [-0.15, -0.1) is 11.3 Å². The van der Waals surface area contributed by atoms with Crippen LogP contribution in [0.5, 0.6) is 5.75 Å². The van der Waals surface area contributed by atoms with Crippen LogP contribution in [-0.4, -0.2) is 27.5 Å². The van der Waals surface area contributed by atoms with E-state index in [0.717, 1.165) is 16.3 Å². The maximum Gasteiger partial charge on any atom is 0.252 e. The van der Waals surface area contributed by atoms with E-state index in [2.05, 4.69) is 15.3 Å². The fraction of sp³-hybridized carbons (Fsp3) is 0.118. The standard InChI is InChI=1S/C17H14ClN3O2S/c18-13-3-1-11(2-4-13)15-10-24-16(21-15)5-6-20-17(23)12-7-14(22)9-19-8-12/h1-4,7-10,22H,5-6H2,(H,20,23). The average molecular weight is 360 g/mol. The van der Waals surface area contributed by atoms with Gasteiger partial charge in [0.25, 0.3) is 5.91 Å².